The number of carbonyl (C=O) groups excluding carboxylic acids is 1. The highest BCUT2D eigenvalue weighted by molar-refractivity contribution is 7.15. The van der Waals surface area contributed by atoms with Gasteiger partial charge in [0.2, 0.25) is 0 Å². The summed E-state index contributed by atoms with van der Waals surface area (Å²) in [5.74, 6) is 0.00482. The molecule has 194 valence electrons. The van der Waals surface area contributed by atoms with E-state index in [4.69, 9.17) is 0 Å². The van der Waals surface area contributed by atoms with Gasteiger partial charge in [0, 0.05) is 34.9 Å². The minimum absolute atomic E-state index is 0.245. The number of fused-ring (bicyclic) bond motifs is 3. The number of carbonyl (C=O) groups is 1. The maximum Gasteiger partial charge on any atom is 0.255 e. The summed E-state index contributed by atoms with van der Waals surface area (Å²) in [4.78, 5) is 28.5. The van der Waals surface area contributed by atoms with Gasteiger partial charge in [0.1, 0.15) is 17.2 Å². The normalized spacial score (nSPS) is 11.3. The van der Waals surface area contributed by atoms with E-state index in [0.29, 0.717) is 30.0 Å². The zero-order chi connectivity index (χ0) is 26.9. The summed E-state index contributed by atoms with van der Waals surface area (Å²) >= 11 is 1.69. The number of pyridine rings is 2. The number of hydrogen-bond acceptors (Lipinski definition) is 6. The second kappa shape index (κ2) is 10.3. The molecule has 6 aromatic rings. The number of imidazole rings is 1. The van der Waals surface area contributed by atoms with E-state index >= 15 is 0 Å². The largest absolute Gasteiger partial charge is 0.365 e. The zero-order valence-corrected chi connectivity index (χ0v) is 22.2. The van der Waals surface area contributed by atoms with Gasteiger partial charge in [-0.05, 0) is 66.1 Å². The van der Waals surface area contributed by atoms with Gasteiger partial charge in [-0.3, -0.25) is 9.78 Å². The molecule has 9 heteroatoms. The Labute approximate surface area is 228 Å². The number of benzene rings is 2. The Morgan fingerprint density at radius 3 is 2.77 bits per heavy atom. The van der Waals surface area contributed by atoms with Crippen LogP contribution >= 0.6 is 11.3 Å². The fourth-order valence-corrected chi connectivity index (χ4v) is 5.56. The van der Waals surface area contributed by atoms with E-state index in [1.165, 1.54) is 6.07 Å². The molecule has 4 heterocycles. The Kier molecular flexibility index (Phi) is 6.50. The minimum Gasteiger partial charge on any atom is -0.365 e. The Hall–Kier alpha value is -4.63. The van der Waals surface area contributed by atoms with E-state index in [1.54, 1.807) is 48.7 Å². The van der Waals surface area contributed by atoms with Gasteiger partial charge in [0.05, 0.1) is 35.7 Å². The molecule has 0 unspecified atom stereocenters. The van der Waals surface area contributed by atoms with Crippen molar-refractivity contribution in [2.24, 2.45) is 7.05 Å². The molecule has 0 bridgehead atoms. The van der Waals surface area contributed by atoms with Crippen LogP contribution in [-0.4, -0.2) is 25.4 Å². The maximum absolute atomic E-state index is 13.6. The van der Waals surface area contributed by atoms with E-state index < -0.39 is 0 Å². The molecular weight excluding hydrogens is 511 g/mol. The molecule has 0 saturated carbocycles. The molecule has 0 aliphatic heterocycles. The van der Waals surface area contributed by atoms with E-state index in [1.807, 2.05) is 30.2 Å². The standard InChI is InChI=1S/C30H25FN6OS/c1-18-12-19(5-8-24(18)31)14-35-30(38)22-4-3-11-32-29(22)34-15-21-7-10-27(39-21)20-6-9-25-23(13-20)28-26(16-33-25)36-17-37(28)2/h3-13,16-17H,14-15H2,1-2H3,(H,32,34)(H,35,38). The first-order valence-electron chi connectivity index (χ1n) is 12.5. The van der Waals surface area contributed by atoms with Crippen LogP contribution in [0.1, 0.15) is 26.4 Å². The summed E-state index contributed by atoms with van der Waals surface area (Å²) in [6.45, 7) is 2.53. The number of aromatic nitrogens is 4. The highest BCUT2D eigenvalue weighted by atomic mass is 32.1. The molecular formula is C30H25FN6OS. The van der Waals surface area contributed by atoms with Crippen molar-refractivity contribution in [3.05, 3.63) is 107 Å². The summed E-state index contributed by atoms with van der Waals surface area (Å²) in [7, 11) is 1.99. The number of nitrogens with one attached hydrogen (secondary N) is 2. The van der Waals surface area contributed by atoms with Crippen molar-refractivity contribution in [3.8, 4) is 10.4 Å². The first-order valence-corrected chi connectivity index (χ1v) is 13.3. The molecule has 0 aliphatic rings. The number of amides is 1. The third kappa shape index (κ3) is 4.96. The van der Waals surface area contributed by atoms with Gasteiger partial charge in [-0.1, -0.05) is 18.2 Å². The summed E-state index contributed by atoms with van der Waals surface area (Å²) in [5.41, 5.74) is 5.83. The van der Waals surface area contributed by atoms with Gasteiger partial charge in [0.15, 0.2) is 0 Å². The summed E-state index contributed by atoms with van der Waals surface area (Å²) in [6.07, 6.45) is 5.27. The molecule has 0 fully saturated rings. The summed E-state index contributed by atoms with van der Waals surface area (Å²) in [5, 5.41) is 7.29. The molecule has 1 amide bonds. The number of halogens is 1. The lowest BCUT2D eigenvalue weighted by atomic mass is 10.1. The SMILES string of the molecule is Cc1cc(CNC(=O)c2cccnc2NCc2ccc(-c3ccc4ncc5ncn(C)c5c4c3)s2)ccc1F. The lowest BCUT2D eigenvalue weighted by Crippen LogP contribution is -2.24. The first-order chi connectivity index (χ1) is 19.0. The third-order valence-electron chi connectivity index (χ3n) is 6.65. The molecule has 0 spiro atoms. The van der Waals surface area contributed by atoms with Crippen LogP contribution < -0.4 is 10.6 Å². The fourth-order valence-electron chi connectivity index (χ4n) is 4.62. The number of hydrogen-bond donors (Lipinski definition) is 2. The van der Waals surface area contributed by atoms with Crippen molar-refractivity contribution in [1.29, 1.82) is 0 Å². The second-order valence-corrected chi connectivity index (χ2v) is 10.5. The number of anilines is 1. The van der Waals surface area contributed by atoms with Gasteiger partial charge in [-0.15, -0.1) is 11.3 Å². The van der Waals surface area contributed by atoms with Crippen molar-refractivity contribution < 1.29 is 9.18 Å². The van der Waals surface area contributed by atoms with Crippen LogP contribution in [0, 0.1) is 12.7 Å². The van der Waals surface area contributed by atoms with Crippen LogP contribution in [0.4, 0.5) is 10.2 Å². The number of aryl methyl sites for hydroxylation is 2. The molecule has 0 atom stereocenters. The molecule has 0 aliphatic carbocycles. The summed E-state index contributed by atoms with van der Waals surface area (Å²) < 4.78 is 15.6. The zero-order valence-electron chi connectivity index (χ0n) is 21.4. The average molecular weight is 537 g/mol. The predicted octanol–water partition coefficient (Wildman–Crippen LogP) is 6.23. The molecule has 2 N–H and O–H groups in total. The molecule has 0 saturated heterocycles. The highest BCUT2D eigenvalue weighted by Gasteiger charge is 2.14. The fraction of sp³-hybridized carbons (Fsp3) is 0.133. The van der Waals surface area contributed by atoms with Crippen molar-refractivity contribution >= 4 is 45.0 Å². The molecule has 39 heavy (non-hydrogen) atoms. The van der Waals surface area contributed by atoms with Crippen LogP contribution in [0.3, 0.4) is 0 Å². The van der Waals surface area contributed by atoms with E-state index in [9.17, 15) is 9.18 Å². The van der Waals surface area contributed by atoms with Gasteiger partial charge >= 0.3 is 0 Å². The number of thiophene rings is 1. The minimum atomic E-state index is -0.260. The Morgan fingerprint density at radius 2 is 1.90 bits per heavy atom. The predicted molar refractivity (Wildman–Crippen MR) is 153 cm³/mol. The quantitative estimate of drug-likeness (QED) is 0.253. The lowest BCUT2D eigenvalue weighted by molar-refractivity contribution is 0.0951. The van der Waals surface area contributed by atoms with Crippen LogP contribution in [0.5, 0.6) is 0 Å². The molecule has 0 radical (unpaired) electrons. The van der Waals surface area contributed by atoms with Crippen molar-refractivity contribution in [1.82, 2.24) is 24.8 Å². The van der Waals surface area contributed by atoms with Gasteiger partial charge in [-0.2, -0.15) is 0 Å². The number of rotatable bonds is 7. The smallest absolute Gasteiger partial charge is 0.255 e. The van der Waals surface area contributed by atoms with E-state index in [2.05, 4.69) is 49.9 Å². The molecule has 4 aromatic heterocycles. The van der Waals surface area contributed by atoms with Crippen LogP contribution in [-0.2, 0) is 20.1 Å². The van der Waals surface area contributed by atoms with Crippen LogP contribution in [0.15, 0.2) is 79.4 Å². The summed E-state index contributed by atoms with van der Waals surface area (Å²) in [6, 6.07) is 18.8. The first kappa shape index (κ1) is 24.7. The van der Waals surface area contributed by atoms with Crippen molar-refractivity contribution in [3.63, 3.8) is 0 Å². The Balaban J connectivity index is 1.17. The second-order valence-electron chi connectivity index (χ2n) is 9.36. The van der Waals surface area contributed by atoms with Gasteiger partial charge in [-0.25, -0.2) is 14.4 Å². The van der Waals surface area contributed by atoms with Crippen molar-refractivity contribution in [2.75, 3.05) is 5.32 Å². The third-order valence-corrected chi connectivity index (χ3v) is 7.78. The maximum atomic E-state index is 13.6. The highest BCUT2D eigenvalue weighted by Crippen LogP contribution is 2.32. The van der Waals surface area contributed by atoms with Gasteiger partial charge < -0.3 is 15.2 Å². The molecule has 7 nitrogen and oxygen atoms in total. The van der Waals surface area contributed by atoms with Crippen molar-refractivity contribution in [2.45, 2.75) is 20.0 Å². The van der Waals surface area contributed by atoms with Gasteiger partial charge in [0.25, 0.3) is 5.91 Å². The number of nitrogens with zero attached hydrogens (tertiary/aromatic N) is 4. The topological polar surface area (TPSA) is 84.7 Å². The lowest BCUT2D eigenvalue weighted by Gasteiger charge is -2.11. The molecule has 6 rings (SSSR count). The monoisotopic (exact) mass is 536 g/mol. The average Bonchev–Trinajstić information content (AvgIpc) is 3.59. The Bertz CT molecular complexity index is 1840. The van der Waals surface area contributed by atoms with E-state index in [0.717, 1.165) is 42.8 Å². The van der Waals surface area contributed by atoms with Crippen LogP contribution in [0.25, 0.3) is 32.4 Å². The van der Waals surface area contributed by atoms with E-state index in [-0.39, 0.29) is 11.7 Å². The van der Waals surface area contributed by atoms with Crippen LogP contribution in [0.2, 0.25) is 0 Å². The Morgan fingerprint density at radius 1 is 1.00 bits per heavy atom. The molecule has 2 aromatic carbocycles.